The number of nitrogens with one attached hydrogen (secondary N) is 1. The van der Waals surface area contributed by atoms with Crippen LogP contribution in [0.2, 0.25) is 0 Å². The van der Waals surface area contributed by atoms with Crippen LogP contribution in [0.25, 0.3) is 0 Å². The van der Waals surface area contributed by atoms with Gasteiger partial charge < -0.3 is 15.0 Å². The molecular formula is C30H35BrFN3O5S. The number of carbonyl (C=O) groups excluding carboxylic acids is 2. The van der Waals surface area contributed by atoms with Gasteiger partial charge in [0.25, 0.3) is 10.0 Å². The highest BCUT2D eigenvalue weighted by Gasteiger charge is 2.33. The monoisotopic (exact) mass is 647 g/mol. The van der Waals surface area contributed by atoms with Crippen LogP contribution >= 0.6 is 15.9 Å². The summed E-state index contributed by atoms with van der Waals surface area (Å²) < 4.78 is 48.7. The van der Waals surface area contributed by atoms with E-state index in [1.54, 1.807) is 6.92 Å². The van der Waals surface area contributed by atoms with Crippen molar-refractivity contribution in [3.05, 3.63) is 88.6 Å². The summed E-state index contributed by atoms with van der Waals surface area (Å²) in [6.07, 6.45) is 0. The summed E-state index contributed by atoms with van der Waals surface area (Å²) in [7, 11) is -4.28. The van der Waals surface area contributed by atoms with Gasteiger partial charge in [0.15, 0.2) is 0 Å². The van der Waals surface area contributed by atoms with E-state index in [9.17, 15) is 22.4 Å². The van der Waals surface area contributed by atoms with E-state index >= 15 is 0 Å². The van der Waals surface area contributed by atoms with Crippen molar-refractivity contribution in [1.29, 1.82) is 0 Å². The largest absolute Gasteiger partial charge is 0.494 e. The zero-order chi connectivity index (χ0) is 30.4. The molecule has 0 unspecified atom stereocenters. The Hall–Kier alpha value is -3.44. The number of carbonyl (C=O) groups is 2. The van der Waals surface area contributed by atoms with Gasteiger partial charge in [-0.05, 0) is 101 Å². The number of amides is 2. The number of anilines is 1. The van der Waals surface area contributed by atoms with E-state index in [4.69, 9.17) is 4.74 Å². The molecule has 0 bridgehead atoms. The first-order chi connectivity index (χ1) is 19.2. The van der Waals surface area contributed by atoms with Crippen LogP contribution in [0.3, 0.4) is 0 Å². The third kappa shape index (κ3) is 8.77. The van der Waals surface area contributed by atoms with Crippen molar-refractivity contribution in [2.24, 2.45) is 0 Å². The van der Waals surface area contributed by atoms with Crippen molar-refractivity contribution < 1.29 is 27.1 Å². The standard InChI is InChI=1S/C30H35BrFN3O5S/c1-6-40-26-15-17-27(18-16-26)41(38,39)35(25-13-11-24(32)12-14-25)20-28(36)34(19-22-7-9-23(31)10-8-22)21(2)29(37)33-30(3,4)5/h7-18,21H,6,19-20H2,1-5H3,(H,33,37)/t21-/m0/s1. The molecule has 2 amide bonds. The van der Waals surface area contributed by atoms with E-state index in [0.29, 0.717) is 12.4 Å². The topological polar surface area (TPSA) is 96.0 Å². The van der Waals surface area contributed by atoms with E-state index in [1.165, 1.54) is 41.3 Å². The van der Waals surface area contributed by atoms with E-state index < -0.39 is 39.9 Å². The number of hydrogen-bond acceptors (Lipinski definition) is 5. The Labute approximate surface area is 249 Å². The smallest absolute Gasteiger partial charge is 0.264 e. The maximum absolute atomic E-state index is 13.9. The second-order valence-corrected chi connectivity index (χ2v) is 13.2. The zero-order valence-corrected chi connectivity index (χ0v) is 26.1. The number of hydrogen-bond donors (Lipinski definition) is 1. The molecule has 1 N–H and O–H groups in total. The number of benzene rings is 3. The van der Waals surface area contributed by atoms with Crippen molar-refractivity contribution in [1.82, 2.24) is 10.2 Å². The molecule has 0 aliphatic heterocycles. The molecule has 1 atom stereocenters. The van der Waals surface area contributed by atoms with Crippen LogP contribution in [0.4, 0.5) is 10.1 Å². The van der Waals surface area contributed by atoms with E-state index in [-0.39, 0.29) is 23.0 Å². The summed E-state index contributed by atoms with van der Waals surface area (Å²) in [5.74, 6) is -1.05. The van der Waals surface area contributed by atoms with Crippen molar-refractivity contribution in [3.8, 4) is 5.75 Å². The third-order valence-corrected chi connectivity index (χ3v) is 8.36. The Morgan fingerprint density at radius 2 is 1.56 bits per heavy atom. The normalized spacial score (nSPS) is 12.4. The average Bonchev–Trinajstić information content (AvgIpc) is 2.91. The highest BCUT2D eigenvalue weighted by Crippen LogP contribution is 2.26. The van der Waals surface area contributed by atoms with Crippen LogP contribution in [0.1, 0.15) is 40.2 Å². The molecule has 220 valence electrons. The fraction of sp³-hybridized carbons (Fsp3) is 0.333. The molecule has 0 fully saturated rings. The molecule has 0 saturated carbocycles. The first-order valence-electron chi connectivity index (χ1n) is 13.1. The van der Waals surface area contributed by atoms with E-state index in [0.717, 1.165) is 26.5 Å². The average molecular weight is 649 g/mol. The Morgan fingerprint density at radius 1 is 0.976 bits per heavy atom. The fourth-order valence-corrected chi connectivity index (χ4v) is 5.66. The maximum atomic E-state index is 13.9. The summed E-state index contributed by atoms with van der Waals surface area (Å²) in [6.45, 7) is 8.76. The lowest BCUT2D eigenvalue weighted by atomic mass is 10.1. The molecular weight excluding hydrogens is 613 g/mol. The highest BCUT2D eigenvalue weighted by atomic mass is 79.9. The molecule has 0 aliphatic carbocycles. The summed E-state index contributed by atoms with van der Waals surface area (Å²) in [6, 6.07) is 17.0. The zero-order valence-electron chi connectivity index (χ0n) is 23.7. The van der Waals surface area contributed by atoms with Crippen LogP contribution in [0, 0.1) is 5.82 Å². The molecule has 3 aromatic carbocycles. The Kier molecular flexibility index (Phi) is 10.5. The van der Waals surface area contributed by atoms with E-state index in [2.05, 4.69) is 21.2 Å². The van der Waals surface area contributed by atoms with Crippen LogP contribution < -0.4 is 14.4 Å². The number of nitrogens with zero attached hydrogens (tertiary/aromatic N) is 2. The molecule has 8 nitrogen and oxygen atoms in total. The molecule has 0 saturated heterocycles. The molecule has 0 heterocycles. The lowest BCUT2D eigenvalue weighted by molar-refractivity contribution is -0.140. The lowest BCUT2D eigenvalue weighted by Crippen LogP contribution is -2.54. The molecule has 3 aromatic rings. The van der Waals surface area contributed by atoms with Crippen molar-refractivity contribution in [3.63, 3.8) is 0 Å². The molecule has 0 radical (unpaired) electrons. The Balaban J connectivity index is 2.02. The van der Waals surface area contributed by atoms with Crippen molar-refractivity contribution in [2.75, 3.05) is 17.5 Å². The molecule has 0 aromatic heterocycles. The first-order valence-corrected chi connectivity index (χ1v) is 15.3. The first kappa shape index (κ1) is 32.1. The molecule has 41 heavy (non-hydrogen) atoms. The number of halogens is 2. The molecule has 3 rings (SSSR count). The van der Waals surface area contributed by atoms with Gasteiger partial charge in [0, 0.05) is 16.6 Å². The van der Waals surface area contributed by atoms with Gasteiger partial charge in [-0.3, -0.25) is 13.9 Å². The third-order valence-electron chi connectivity index (χ3n) is 6.05. The molecule has 11 heteroatoms. The van der Waals surface area contributed by atoms with Crippen LogP contribution in [0.15, 0.2) is 82.2 Å². The van der Waals surface area contributed by atoms with Gasteiger partial charge in [0.2, 0.25) is 11.8 Å². The number of rotatable bonds is 11. The minimum atomic E-state index is -4.28. The predicted molar refractivity (Wildman–Crippen MR) is 161 cm³/mol. The highest BCUT2D eigenvalue weighted by molar-refractivity contribution is 9.10. The number of ether oxygens (including phenoxy) is 1. The van der Waals surface area contributed by atoms with Crippen molar-refractivity contribution in [2.45, 2.75) is 57.6 Å². The molecule has 0 aliphatic rings. The van der Waals surface area contributed by atoms with Crippen LogP contribution in [0.5, 0.6) is 5.75 Å². The lowest BCUT2D eigenvalue weighted by Gasteiger charge is -2.33. The van der Waals surface area contributed by atoms with Crippen LogP contribution in [-0.2, 0) is 26.2 Å². The van der Waals surface area contributed by atoms with Gasteiger partial charge in [-0.15, -0.1) is 0 Å². The maximum Gasteiger partial charge on any atom is 0.264 e. The second-order valence-electron chi connectivity index (χ2n) is 10.5. The quantitative estimate of drug-likeness (QED) is 0.296. The Bertz CT molecular complexity index is 1440. The van der Waals surface area contributed by atoms with Gasteiger partial charge in [-0.2, -0.15) is 0 Å². The van der Waals surface area contributed by atoms with Gasteiger partial charge in [-0.25, -0.2) is 12.8 Å². The van der Waals surface area contributed by atoms with Crippen molar-refractivity contribution >= 4 is 43.5 Å². The van der Waals surface area contributed by atoms with Gasteiger partial charge in [0.05, 0.1) is 17.2 Å². The summed E-state index contributed by atoms with van der Waals surface area (Å²) in [5.41, 5.74) is 0.304. The minimum absolute atomic E-state index is 0.0607. The van der Waals surface area contributed by atoms with E-state index in [1.807, 2.05) is 52.0 Å². The fourth-order valence-electron chi connectivity index (χ4n) is 3.98. The summed E-state index contributed by atoms with van der Waals surface area (Å²) >= 11 is 3.39. The van der Waals surface area contributed by atoms with Gasteiger partial charge in [0.1, 0.15) is 24.2 Å². The van der Waals surface area contributed by atoms with Crippen LogP contribution in [-0.4, -0.2) is 49.9 Å². The SMILES string of the molecule is CCOc1ccc(S(=O)(=O)N(CC(=O)N(Cc2ccc(Br)cc2)[C@@H](C)C(=O)NC(C)(C)C)c2ccc(F)cc2)cc1. The second kappa shape index (κ2) is 13.5. The summed E-state index contributed by atoms with van der Waals surface area (Å²) in [4.78, 5) is 28.3. The Morgan fingerprint density at radius 3 is 2.10 bits per heavy atom. The van der Waals surface area contributed by atoms with Gasteiger partial charge >= 0.3 is 0 Å². The number of sulfonamides is 1. The minimum Gasteiger partial charge on any atom is -0.494 e. The predicted octanol–water partition coefficient (Wildman–Crippen LogP) is 5.51. The van der Waals surface area contributed by atoms with Gasteiger partial charge in [-0.1, -0.05) is 28.1 Å². The summed E-state index contributed by atoms with van der Waals surface area (Å²) in [5, 5.41) is 2.89. The molecule has 0 spiro atoms.